The standard InChI is InChI=1S/C10H16N2O3/c1-15-10(3-2-4-10)6-11-7-5-8(13)12-9(7)14/h7,11H,2-6H2,1H3,(H,12,13,14). The summed E-state index contributed by atoms with van der Waals surface area (Å²) in [6.45, 7) is 0.648. The van der Waals surface area contributed by atoms with Crippen molar-refractivity contribution in [2.75, 3.05) is 13.7 Å². The summed E-state index contributed by atoms with van der Waals surface area (Å²) in [5.41, 5.74) is -0.105. The summed E-state index contributed by atoms with van der Waals surface area (Å²) >= 11 is 0. The highest BCUT2D eigenvalue weighted by Gasteiger charge is 2.39. The highest BCUT2D eigenvalue weighted by molar-refractivity contribution is 6.05. The molecule has 0 bridgehead atoms. The Morgan fingerprint density at radius 1 is 1.53 bits per heavy atom. The molecule has 1 saturated heterocycles. The van der Waals surface area contributed by atoms with Crippen molar-refractivity contribution in [3.05, 3.63) is 0 Å². The second-order valence-electron chi connectivity index (χ2n) is 4.29. The van der Waals surface area contributed by atoms with Gasteiger partial charge in [0.05, 0.1) is 18.1 Å². The molecule has 2 aliphatic rings. The fraction of sp³-hybridized carbons (Fsp3) is 0.800. The summed E-state index contributed by atoms with van der Waals surface area (Å²) in [4.78, 5) is 22.2. The third-order valence-electron chi connectivity index (χ3n) is 3.34. The Bertz CT molecular complexity index is 281. The van der Waals surface area contributed by atoms with Gasteiger partial charge in [-0.15, -0.1) is 0 Å². The van der Waals surface area contributed by atoms with E-state index < -0.39 is 0 Å². The van der Waals surface area contributed by atoms with Crippen LogP contribution in [0.3, 0.4) is 0 Å². The molecule has 0 aromatic rings. The molecule has 0 aromatic heterocycles. The fourth-order valence-corrected chi connectivity index (χ4v) is 2.05. The van der Waals surface area contributed by atoms with Crippen molar-refractivity contribution in [3.63, 3.8) is 0 Å². The lowest BCUT2D eigenvalue weighted by molar-refractivity contribution is -0.125. The van der Waals surface area contributed by atoms with E-state index in [-0.39, 0.29) is 29.9 Å². The molecule has 0 aromatic carbocycles. The van der Waals surface area contributed by atoms with Crippen LogP contribution < -0.4 is 10.6 Å². The molecule has 2 rings (SSSR count). The second kappa shape index (κ2) is 3.90. The number of hydrogen-bond donors (Lipinski definition) is 2. The van der Waals surface area contributed by atoms with Gasteiger partial charge < -0.3 is 10.1 Å². The van der Waals surface area contributed by atoms with Crippen LogP contribution in [0.15, 0.2) is 0 Å². The predicted octanol–water partition coefficient (Wildman–Crippen LogP) is -0.440. The first-order valence-corrected chi connectivity index (χ1v) is 5.27. The summed E-state index contributed by atoms with van der Waals surface area (Å²) in [7, 11) is 1.70. The van der Waals surface area contributed by atoms with Gasteiger partial charge in [-0.25, -0.2) is 0 Å². The van der Waals surface area contributed by atoms with E-state index >= 15 is 0 Å². The number of carbonyl (C=O) groups is 2. The topological polar surface area (TPSA) is 67.4 Å². The van der Waals surface area contributed by atoms with Crippen LogP contribution in [0.4, 0.5) is 0 Å². The molecule has 15 heavy (non-hydrogen) atoms. The van der Waals surface area contributed by atoms with Crippen molar-refractivity contribution in [1.29, 1.82) is 0 Å². The van der Waals surface area contributed by atoms with Crippen molar-refractivity contribution in [3.8, 4) is 0 Å². The van der Waals surface area contributed by atoms with Crippen LogP contribution in [0.1, 0.15) is 25.7 Å². The maximum Gasteiger partial charge on any atom is 0.244 e. The predicted molar refractivity (Wildman–Crippen MR) is 53.1 cm³/mol. The summed E-state index contributed by atoms with van der Waals surface area (Å²) in [5.74, 6) is -0.414. The van der Waals surface area contributed by atoms with Gasteiger partial charge in [0.1, 0.15) is 0 Å². The number of methoxy groups -OCH3 is 1. The lowest BCUT2D eigenvalue weighted by Crippen LogP contribution is -2.51. The van der Waals surface area contributed by atoms with E-state index in [0.717, 1.165) is 12.8 Å². The molecule has 2 fully saturated rings. The molecule has 5 heteroatoms. The summed E-state index contributed by atoms with van der Waals surface area (Å²) in [6.07, 6.45) is 3.47. The zero-order chi connectivity index (χ0) is 10.9. The monoisotopic (exact) mass is 212 g/mol. The highest BCUT2D eigenvalue weighted by Crippen LogP contribution is 2.34. The zero-order valence-corrected chi connectivity index (χ0v) is 8.84. The van der Waals surface area contributed by atoms with Crippen molar-refractivity contribution in [1.82, 2.24) is 10.6 Å². The minimum Gasteiger partial charge on any atom is -0.377 e. The first kappa shape index (κ1) is 10.6. The molecule has 0 spiro atoms. The third kappa shape index (κ3) is 2.03. The van der Waals surface area contributed by atoms with Gasteiger partial charge in [0.2, 0.25) is 11.8 Å². The van der Waals surface area contributed by atoms with E-state index in [1.165, 1.54) is 6.42 Å². The Morgan fingerprint density at radius 2 is 2.27 bits per heavy atom. The van der Waals surface area contributed by atoms with E-state index in [2.05, 4.69) is 10.6 Å². The molecule has 1 unspecified atom stereocenters. The highest BCUT2D eigenvalue weighted by atomic mass is 16.5. The molecule has 84 valence electrons. The quantitative estimate of drug-likeness (QED) is 0.620. The van der Waals surface area contributed by atoms with E-state index in [0.29, 0.717) is 6.54 Å². The van der Waals surface area contributed by atoms with Gasteiger partial charge in [-0.2, -0.15) is 0 Å². The Kier molecular flexibility index (Phi) is 2.75. The van der Waals surface area contributed by atoms with Gasteiger partial charge >= 0.3 is 0 Å². The van der Waals surface area contributed by atoms with Crippen LogP contribution in [0.2, 0.25) is 0 Å². The smallest absolute Gasteiger partial charge is 0.244 e. The number of rotatable bonds is 4. The minimum absolute atomic E-state index is 0.105. The number of imide groups is 1. The van der Waals surface area contributed by atoms with Gasteiger partial charge in [0.25, 0.3) is 0 Å². The molecular formula is C10H16N2O3. The van der Waals surface area contributed by atoms with Gasteiger partial charge in [-0.3, -0.25) is 14.9 Å². The number of nitrogens with one attached hydrogen (secondary N) is 2. The summed E-state index contributed by atoms with van der Waals surface area (Å²) in [6, 6.07) is -0.370. The van der Waals surface area contributed by atoms with E-state index in [4.69, 9.17) is 4.74 Å². The third-order valence-corrected chi connectivity index (χ3v) is 3.34. The second-order valence-corrected chi connectivity index (χ2v) is 4.29. The average molecular weight is 212 g/mol. The van der Waals surface area contributed by atoms with Gasteiger partial charge in [-0.05, 0) is 19.3 Å². The maximum absolute atomic E-state index is 11.3. The molecule has 1 atom stereocenters. The van der Waals surface area contributed by atoms with Crippen molar-refractivity contribution in [2.24, 2.45) is 0 Å². The van der Waals surface area contributed by atoms with Crippen LogP contribution in [-0.2, 0) is 14.3 Å². The van der Waals surface area contributed by atoms with Gasteiger partial charge in [-0.1, -0.05) is 0 Å². The van der Waals surface area contributed by atoms with Crippen LogP contribution in [0.5, 0.6) is 0 Å². The lowest BCUT2D eigenvalue weighted by Gasteiger charge is -2.41. The molecule has 1 aliphatic heterocycles. The van der Waals surface area contributed by atoms with E-state index in [1.807, 2.05) is 0 Å². The molecule has 2 N–H and O–H groups in total. The largest absolute Gasteiger partial charge is 0.377 e. The van der Waals surface area contributed by atoms with Crippen molar-refractivity contribution >= 4 is 11.8 Å². The van der Waals surface area contributed by atoms with Crippen molar-refractivity contribution in [2.45, 2.75) is 37.3 Å². The number of amides is 2. The Morgan fingerprint density at radius 3 is 2.67 bits per heavy atom. The minimum atomic E-state index is -0.370. The molecule has 1 saturated carbocycles. The van der Waals surface area contributed by atoms with E-state index in [1.54, 1.807) is 7.11 Å². The average Bonchev–Trinajstić information content (AvgIpc) is 2.44. The first-order chi connectivity index (χ1) is 7.15. The van der Waals surface area contributed by atoms with E-state index in [9.17, 15) is 9.59 Å². The number of hydrogen-bond acceptors (Lipinski definition) is 4. The normalized spacial score (nSPS) is 28.7. The Balaban J connectivity index is 1.82. The summed E-state index contributed by atoms with van der Waals surface area (Å²) in [5, 5.41) is 5.37. The molecule has 0 radical (unpaired) electrons. The SMILES string of the molecule is COC1(CNC2CC(=O)NC2=O)CCC1. The Labute approximate surface area is 88.5 Å². The zero-order valence-electron chi connectivity index (χ0n) is 8.84. The maximum atomic E-state index is 11.3. The summed E-state index contributed by atoms with van der Waals surface area (Å²) < 4.78 is 5.42. The molecule has 1 aliphatic carbocycles. The van der Waals surface area contributed by atoms with Crippen LogP contribution >= 0.6 is 0 Å². The number of carbonyl (C=O) groups excluding carboxylic acids is 2. The molecule has 2 amide bonds. The lowest BCUT2D eigenvalue weighted by atomic mass is 9.80. The molecule has 5 nitrogen and oxygen atoms in total. The van der Waals surface area contributed by atoms with Crippen LogP contribution in [0.25, 0.3) is 0 Å². The van der Waals surface area contributed by atoms with Gasteiger partial charge in [0.15, 0.2) is 0 Å². The fourth-order valence-electron chi connectivity index (χ4n) is 2.05. The molecular weight excluding hydrogens is 196 g/mol. The number of ether oxygens (including phenoxy) is 1. The van der Waals surface area contributed by atoms with Gasteiger partial charge in [0, 0.05) is 13.7 Å². The van der Waals surface area contributed by atoms with Crippen LogP contribution in [0, 0.1) is 0 Å². The van der Waals surface area contributed by atoms with Crippen LogP contribution in [-0.4, -0.2) is 37.1 Å². The Hall–Kier alpha value is -0.940. The van der Waals surface area contributed by atoms with Crippen molar-refractivity contribution < 1.29 is 14.3 Å². The molecule has 1 heterocycles. The first-order valence-electron chi connectivity index (χ1n) is 5.27.